The van der Waals surface area contributed by atoms with Gasteiger partial charge in [0.1, 0.15) is 54.9 Å². The Labute approximate surface area is 516 Å². The number of aliphatic hydroxyl groups excluding tert-OH is 18. The number of carbonyl (C=O) groups excluding carboxylic acids is 6. The summed E-state index contributed by atoms with van der Waals surface area (Å²) in [5.74, 6) is -19.1. The number of nitrogens with zero attached hydrogens (tertiary/aromatic N) is 7. The highest BCUT2D eigenvalue weighted by molar-refractivity contribution is 6.70. The molecule has 4 amide bonds. The summed E-state index contributed by atoms with van der Waals surface area (Å²) >= 11 is 0. The Bertz CT molecular complexity index is 2870. The van der Waals surface area contributed by atoms with Crippen LogP contribution in [0.3, 0.4) is 0 Å². The monoisotopic (exact) mass is 1320 g/mol. The number of para-hydroxylation sites is 1. The van der Waals surface area contributed by atoms with E-state index in [2.05, 4.69) is 15.0 Å². The minimum atomic E-state index is -2.37. The van der Waals surface area contributed by atoms with E-state index in [1.807, 2.05) is 0 Å². The largest absolute Gasteiger partial charge is 0.501 e. The molecule has 0 saturated carbocycles. The van der Waals surface area contributed by atoms with Crippen LogP contribution in [0.4, 0.5) is 24.9 Å². The predicted molar refractivity (Wildman–Crippen MR) is 300 cm³/mol. The molecule has 3 aliphatic heterocycles. The number of allylic oxidation sites excluding steroid dienone is 3. The second-order valence-corrected chi connectivity index (χ2v) is 21.0. The quantitative estimate of drug-likeness (QED) is 0.0281. The zero-order valence-corrected chi connectivity index (χ0v) is 48.0. The lowest BCUT2D eigenvalue weighted by atomic mass is 9.81. The van der Waals surface area contributed by atoms with Gasteiger partial charge in [-0.1, -0.05) is 18.2 Å². The Morgan fingerprint density at radius 3 is 0.859 bits per heavy atom. The van der Waals surface area contributed by atoms with Crippen molar-refractivity contribution in [2.24, 2.45) is 15.0 Å². The number of hydrogen-bond acceptors (Lipinski definition) is 31. The van der Waals surface area contributed by atoms with Crippen molar-refractivity contribution >= 4 is 81.9 Å². The number of rotatable bonds is 35. The number of carbonyl (C=O) groups is 10. The van der Waals surface area contributed by atoms with Crippen LogP contribution < -0.4 is 4.90 Å². The van der Waals surface area contributed by atoms with Crippen LogP contribution >= 0.6 is 0 Å². The molecule has 12 atom stereocenters. The van der Waals surface area contributed by atoms with E-state index < -0.39 is 287 Å². The van der Waals surface area contributed by atoms with Gasteiger partial charge in [0, 0.05) is 44.6 Å². The number of aliphatic imine (C=N–C) groups is 3. The molecule has 3 aliphatic rings. The number of carboxylic acid groups (broad SMARTS) is 4. The first-order valence-electron chi connectivity index (χ1n) is 27.4. The van der Waals surface area contributed by atoms with E-state index in [9.17, 15) is 160 Å². The Hall–Kier alpha value is -8.65. The minimum Gasteiger partial charge on any atom is -0.501 e. The molecule has 1 aromatic carbocycles. The molecule has 0 aromatic heterocycles. The van der Waals surface area contributed by atoms with Gasteiger partial charge in [0.25, 0.3) is 34.7 Å². The number of hydrogen-bond donors (Lipinski definition) is 22. The van der Waals surface area contributed by atoms with Crippen molar-refractivity contribution in [2.75, 3.05) is 44.4 Å². The Kier molecular flexibility index (Phi) is 27.3. The lowest BCUT2D eigenvalue weighted by Crippen LogP contribution is -2.53. The lowest BCUT2D eigenvalue weighted by Gasteiger charge is -2.44. The van der Waals surface area contributed by atoms with Crippen molar-refractivity contribution in [3.8, 4) is 0 Å². The number of Topliss-reactive ketones (excluding diaryl/α,β-unsaturated/α-hetero) is 6. The first-order chi connectivity index (χ1) is 43.0. The zero-order chi connectivity index (χ0) is 69.5. The number of aliphatic hydroxyl groups is 18. The van der Waals surface area contributed by atoms with Crippen LogP contribution in [0.2, 0.25) is 0 Å². The summed E-state index contributed by atoms with van der Waals surface area (Å²) in [4.78, 5) is 144. The molecule has 12 unspecified atom stereocenters. The highest BCUT2D eigenvalue weighted by Gasteiger charge is 2.46. The van der Waals surface area contributed by atoms with Crippen molar-refractivity contribution in [3.63, 3.8) is 0 Å². The van der Waals surface area contributed by atoms with Crippen LogP contribution in [0, 0.1) is 0 Å². The highest BCUT2D eigenvalue weighted by Crippen LogP contribution is 2.38. The molecule has 4 rings (SSSR count). The van der Waals surface area contributed by atoms with Crippen LogP contribution in [-0.2, 0) is 28.8 Å². The molecule has 39 nitrogen and oxygen atoms in total. The summed E-state index contributed by atoms with van der Waals surface area (Å²) < 4.78 is 0. The van der Waals surface area contributed by atoms with Gasteiger partial charge in [-0.05, 0) is 50.7 Å². The maximum atomic E-state index is 13.8. The molecule has 92 heavy (non-hydrogen) atoms. The van der Waals surface area contributed by atoms with E-state index in [0.717, 1.165) is 0 Å². The van der Waals surface area contributed by atoms with Crippen LogP contribution in [0.15, 0.2) is 80.0 Å². The molecule has 3 heterocycles. The number of amides is 4. The highest BCUT2D eigenvalue weighted by atomic mass is 16.4. The molecule has 0 bridgehead atoms. The van der Waals surface area contributed by atoms with Gasteiger partial charge in [0.05, 0.1) is 60.8 Å². The fraction of sp³-hybridized carbons (Fsp3) is 0.528. The molecule has 1 aromatic rings. The maximum absolute atomic E-state index is 13.8. The normalized spacial score (nSPS) is 19.5. The van der Waals surface area contributed by atoms with Crippen LogP contribution in [0.25, 0.3) is 0 Å². The van der Waals surface area contributed by atoms with E-state index in [-0.39, 0.29) is 20.4 Å². The van der Waals surface area contributed by atoms with Crippen molar-refractivity contribution in [2.45, 2.75) is 137 Å². The zero-order valence-electron chi connectivity index (χ0n) is 48.0. The third kappa shape index (κ3) is 17.7. The summed E-state index contributed by atoms with van der Waals surface area (Å²) in [6.07, 6.45) is -42.9. The third-order valence-electron chi connectivity index (χ3n) is 14.8. The van der Waals surface area contributed by atoms with Gasteiger partial charge in [-0.2, -0.15) is 0 Å². The van der Waals surface area contributed by atoms with Crippen LogP contribution in [0.1, 0.15) is 57.8 Å². The number of benzene rings is 1. The van der Waals surface area contributed by atoms with Gasteiger partial charge in [0.2, 0.25) is 17.3 Å². The summed E-state index contributed by atoms with van der Waals surface area (Å²) in [6, 6.07) is 6.44. The smallest absolute Gasteiger partial charge is 0.413 e. The first-order valence-corrected chi connectivity index (χ1v) is 27.4. The van der Waals surface area contributed by atoms with E-state index in [1.165, 1.54) is 30.3 Å². The van der Waals surface area contributed by atoms with Crippen LogP contribution in [-0.4, -0.2) is 321 Å². The number of anilines is 1. The van der Waals surface area contributed by atoms with Gasteiger partial charge < -0.3 is 112 Å². The molecule has 0 spiro atoms. The van der Waals surface area contributed by atoms with Gasteiger partial charge in [-0.25, -0.2) is 34.2 Å². The minimum absolute atomic E-state index is 0.138. The lowest BCUT2D eigenvalue weighted by molar-refractivity contribution is -0.132. The van der Waals surface area contributed by atoms with Gasteiger partial charge in [0.15, 0.2) is 17.5 Å². The molecule has 0 saturated heterocycles. The van der Waals surface area contributed by atoms with Crippen molar-refractivity contribution in [1.82, 2.24) is 14.7 Å². The number of ketones is 6. The Morgan fingerprint density at radius 2 is 0.630 bits per heavy atom. The van der Waals surface area contributed by atoms with Crippen molar-refractivity contribution in [3.05, 3.63) is 65.1 Å². The average Bonchev–Trinajstić information content (AvgIpc) is 0.835. The molecule has 39 heteroatoms. The van der Waals surface area contributed by atoms with E-state index in [1.54, 1.807) is 0 Å². The Morgan fingerprint density at radius 1 is 0.380 bits per heavy atom. The second-order valence-electron chi connectivity index (χ2n) is 21.0. The SMILES string of the molecule is O=C1C(=O)C(O)=C(N(CCCC(CCCN(C(=O)O)C2=C(O)C(=O)C(=O)C(CC(O)C(O)C(O)C(O)CO)=N2)(CCCN(C(=O)O)C2=C(O)C(=O)C(=O)C(CC(O)C(O)C(O)C(O)CO)=N2)N(C(=O)O)c2ccccc2)C(=O)O)N=C1CC(O)C(O)C(O)C(O)CO. The third-order valence-corrected chi connectivity index (χ3v) is 14.8. The molecule has 0 fully saturated rings. The summed E-state index contributed by atoms with van der Waals surface area (Å²) in [5.41, 5.74) is -5.62. The van der Waals surface area contributed by atoms with E-state index in [0.29, 0.717) is 4.90 Å². The van der Waals surface area contributed by atoms with Crippen molar-refractivity contribution in [1.29, 1.82) is 0 Å². The van der Waals surface area contributed by atoms with Crippen molar-refractivity contribution < 1.29 is 160 Å². The molecule has 0 aliphatic carbocycles. The van der Waals surface area contributed by atoms with E-state index in [4.69, 9.17) is 0 Å². The molecule has 22 N–H and O–H groups in total. The molecule has 0 radical (unpaired) electrons. The summed E-state index contributed by atoms with van der Waals surface area (Å²) in [7, 11) is 0. The summed E-state index contributed by atoms with van der Waals surface area (Å²) in [6.45, 7) is -6.43. The van der Waals surface area contributed by atoms with Crippen LogP contribution in [0.5, 0.6) is 0 Å². The maximum Gasteiger partial charge on any atom is 0.413 e. The topological polar surface area (TPSA) is 666 Å². The average molecular weight is 1320 g/mol. The summed E-state index contributed by atoms with van der Waals surface area (Å²) in [5, 5.41) is 226. The first kappa shape index (κ1) is 75.8. The standard InChI is InChI=1S/C53H69N7O32/c61-18-28(67)37(76)34(73)25(64)15-22-31(70)40(79)43(82)46(54-22)57(49(85)86)12-4-9-53(60(52(91)92)21-7-2-1-3-8-21,10-5-13-58(50(87)88)47-44(83)41(80)32(71)23(55-47)16-26(65)35(74)38(77)29(68)19-62)11-6-14-59(51(89)90)48-45(84)42(81)33(72)24(56-48)17-27(66)36(75)39(78)30(69)20-63/h1-3,7-8,25-30,34-39,61-69,73-78,82-84H,4-6,9-20H2,(H,85,86)(H,87,88)(H,89,90)(H,91,92). The molecular weight excluding hydrogens is 1250 g/mol. The van der Waals surface area contributed by atoms with E-state index >= 15 is 0 Å². The molecule has 508 valence electrons. The Balaban J connectivity index is 1.90. The predicted octanol–water partition coefficient (Wildman–Crippen LogP) is -6.37. The fourth-order valence-electron chi connectivity index (χ4n) is 9.79. The van der Waals surface area contributed by atoms with Gasteiger partial charge in [-0.3, -0.25) is 48.4 Å². The van der Waals surface area contributed by atoms with Gasteiger partial charge in [-0.15, -0.1) is 0 Å². The fourth-order valence-corrected chi connectivity index (χ4v) is 9.79. The van der Waals surface area contributed by atoms with Gasteiger partial charge >= 0.3 is 24.4 Å². The second kappa shape index (κ2) is 33.1. The molecular formula is C53H69N7O32.